The van der Waals surface area contributed by atoms with Crippen molar-refractivity contribution in [3.05, 3.63) is 28.2 Å². The van der Waals surface area contributed by atoms with Gasteiger partial charge in [0.15, 0.2) is 0 Å². The molecule has 0 aromatic heterocycles. The first-order valence-electron chi connectivity index (χ1n) is 7.57. The Morgan fingerprint density at radius 3 is 2.71 bits per heavy atom. The highest BCUT2D eigenvalue weighted by Crippen LogP contribution is 2.23. The maximum atomic E-state index is 12.7. The maximum Gasteiger partial charge on any atom is 0.255 e. The molecule has 1 saturated heterocycles. The van der Waals surface area contributed by atoms with Crippen LogP contribution in [0.1, 0.15) is 36.5 Å². The van der Waals surface area contributed by atoms with Gasteiger partial charge in [-0.25, -0.2) is 0 Å². The van der Waals surface area contributed by atoms with Crippen molar-refractivity contribution in [2.45, 2.75) is 32.2 Å². The number of amides is 1. The Labute approximate surface area is 135 Å². The molecule has 1 amide bonds. The molecule has 2 N–H and O–H groups in total. The van der Waals surface area contributed by atoms with Crippen LogP contribution in [0.2, 0.25) is 0 Å². The van der Waals surface area contributed by atoms with Gasteiger partial charge in [-0.2, -0.15) is 0 Å². The molecule has 21 heavy (non-hydrogen) atoms. The molecule has 2 rings (SSSR count). The Kier molecular flexibility index (Phi) is 5.65. The SMILES string of the molecule is CCCN1CCC(N(C)C(=O)c2cc(N)ccc2Br)CC1. The second-order valence-corrected chi connectivity index (χ2v) is 6.58. The fourth-order valence-corrected chi connectivity index (χ4v) is 3.33. The number of piperidine rings is 1. The molecular weight excluding hydrogens is 330 g/mol. The van der Waals surface area contributed by atoms with Crippen LogP contribution in [0, 0.1) is 0 Å². The lowest BCUT2D eigenvalue weighted by molar-refractivity contribution is 0.0642. The lowest BCUT2D eigenvalue weighted by Crippen LogP contribution is -2.45. The Bertz CT molecular complexity index is 498. The van der Waals surface area contributed by atoms with Crippen LogP contribution < -0.4 is 5.73 Å². The molecule has 1 aliphatic rings. The third-order valence-electron chi connectivity index (χ3n) is 4.19. The predicted octanol–water partition coefficient (Wildman–Crippen LogP) is 2.98. The van der Waals surface area contributed by atoms with Crippen LogP contribution in [0.5, 0.6) is 0 Å². The summed E-state index contributed by atoms with van der Waals surface area (Å²) >= 11 is 3.44. The standard InChI is InChI=1S/C16H24BrN3O/c1-3-8-20-9-6-13(7-10-20)19(2)16(21)14-11-12(18)4-5-15(14)17/h4-5,11,13H,3,6-10,18H2,1-2H3. The Morgan fingerprint density at radius 1 is 1.43 bits per heavy atom. The Morgan fingerprint density at radius 2 is 2.10 bits per heavy atom. The minimum Gasteiger partial charge on any atom is -0.399 e. The van der Waals surface area contributed by atoms with E-state index in [4.69, 9.17) is 5.73 Å². The molecule has 0 radical (unpaired) electrons. The first kappa shape index (κ1) is 16.3. The number of halogens is 1. The van der Waals surface area contributed by atoms with E-state index >= 15 is 0 Å². The summed E-state index contributed by atoms with van der Waals surface area (Å²) in [6.07, 6.45) is 3.28. The van der Waals surface area contributed by atoms with Crippen molar-refractivity contribution in [1.29, 1.82) is 0 Å². The summed E-state index contributed by atoms with van der Waals surface area (Å²) in [7, 11) is 1.90. The minimum atomic E-state index is 0.0446. The van der Waals surface area contributed by atoms with Crippen LogP contribution in [0.4, 0.5) is 5.69 Å². The van der Waals surface area contributed by atoms with E-state index in [0.29, 0.717) is 17.3 Å². The van der Waals surface area contributed by atoms with Crippen LogP contribution in [-0.4, -0.2) is 48.4 Å². The van der Waals surface area contributed by atoms with E-state index < -0.39 is 0 Å². The first-order chi connectivity index (χ1) is 10.0. The summed E-state index contributed by atoms with van der Waals surface area (Å²) in [5, 5.41) is 0. The molecule has 0 atom stereocenters. The van der Waals surface area contributed by atoms with Gasteiger partial charge in [0.1, 0.15) is 0 Å². The van der Waals surface area contributed by atoms with Gasteiger partial charge in [-0.3, -0.25) is 4.79 Å². The highest BCUT2D eigenvalue weighted by Gasteiger charge is 2.26. The second-order valence-electron chi connectivity index (χ2n) is 5.73. The second kappa shape index (κ2) is 7.27. The number of carbonyl (C=O) groups is 1. The lowest BCUT2D eigenvalue weighted by Gasteiger charge is -2.36. The van der Waals surface area contributed by atoms with Crippen molar-refractivity contribution in [3.63, 3.8) is 0 Å². The molecule has 4 nitrogen and oxygen atoms in total. The number of hydrogen-bond donors (Lipinski definition) is 1. The van der Waals surface area contributed by atoms with Crippen molar-refractivity contribution in [1.82, 2.24) is 9.80 Å². The average Bonchev–Trinajstić information content (AvgIpc) is 2.49. The average molecular weight is 354 g/mol. The predicted molar refractivity (Wildman–Crippen MR) is 90.4 cm³/mol. The van der Waals surface area contributed by atoms with E-state index in [9.17, 15) is 4.79 Å². The smallest absolute Gasteiger partial charge is 0.255 e. The van der Waals surface area contributed by atoms with E-state index in [1.807, 2.05) is 18.0 Å². The molecule has 0 aliphatic carbocycles. The number of rotatable bonds is 4. The third-order valence-corrected chi connectivity index (χ3v) is 4.88. The lowest BCUT2D eigenvalue weighted by atomic mass is 10.0. The van der Waals surface area contributed by atoms with Crippen LogP contribution in [-0.2, 0) is 0 Å². The number of carbonyl (C=O) groups excluding carboxylic acids is 1. The monoisotopic (exact) mass is 353 g/mol. The molecule has 1 aliphatic heterocycles. The van der Waals surface area contributed by atoms with Crippen molar-refractivity contribution < 1.29 is 4.79 Å². The van der Waals surface area contributed by atoms with E-state index in [1.54, 1.807) is 12.1 Å². The number of anilines is 1. The maximum absolute atomic E-state index is 12.7. The summed E-state index contributed by atoms with van der Waals surface area (Å²) in [5.74, 6) is 0.0446. The third kappa shape index (κ3) is 3.98. The molecular formula is C16H24BrN3O. The van der Waals surface area contributed by atoms with Gasteiger partial charge in [0, 0.05) is 36.3 Å². The van der Waals surface area contributed by atoms with Gasteiger partial charge in [-0.05, 0) is 59.9 Å². The highest BCUT2D eigenvalue weighted by molar-refractivity contribution is 9.10. The van der Waals surface area contributed by atoms with E-state index in [-0.39, 0.29) is 5.91 Å². The molecule has 1 fully saturated rings. The molecule has 116 valence electrons. The van der Waals surface area contributed by atoms with Gasteiger partial charge < -0.3 is 15.5 Å². The number of nitrogen functional groups attached to an aromatic ring is 1. The van der Waals surface area contributed by atoms with E-state index in [2.05, 4.69) is 27.8 Å². The fourth-order valence-electron chi connectivity index (χ4n) is 2.91. The van der Waals surface area contributed by atoms with Gasteiger partial charge in [0.05, 0.1) is 5.56 Å². The summed E-state index contributed by atoms with van der Waals surface area (Å²) < 4.78 is 0.803. The number of nitrogens with zero attached hydrogens (tertiary/aromatic N) is 2. The largest absolute Gasteiger partial charge is 0.399 e. The van der Waals surface area contributed by atoms with Crippen molar-refractivity contribution >= 4 is 27.5 Å². The van der Waals surface area contributed by atoms with Crippen LogP contribution in [0.3, 0.4) is 0 Å². The van der Waals surface area contributed by atoms with E-state index in [1.165, 1.54) is 6.42 Å². The van der Waals surface area contributed by atoms with Gasteiger partial charge in [0.2, 0.25) is 0 Å². The van der Waals surface area contributed by atoms with Crippen molar-refractivity contribution in [2.24, 2.45) is 0 Å². The number of nitrogens with two attached hydrogens (primary N) is 1. The topological polar surface area (TPSA) is 49.6 Å². The van der Waals surface area contributed by atoms with Gasteiger partial charge >= 0.3 is 0 Å². The Balaban J connectivity index is 2.01. The van der Waals surface area contributed by atoms with Gasteiger partial charge in [-0.15, -0.1) is 0 Å². The zero-order valence-corrected chi connectivity index (χ0v) is 14.4. The molecule has 5 heteroatoms. The van der Waals surface area contributed by atoms with Crippen LogP contribution in [0.25, 0.3) is 0 Å². The summed E-state index contributed by atoms with van der Waals surface area (Å²) in [6.45, 7) is 5.52. The summed E-state index contributed by atoms with van der Waals surface area (Å²) in [4.78, 5) is 17.0. The molecule has 0 spiro atoms. The minimum absolute atomic E-state index is 0.0446. The summed E-state index contributed by atoms with van der Waals surface area (Å²) in [6, 6.07) is 5.69. The quantitative estimate of drug-likeness (QED) is 0.846. The zero-order valence-electron chi connectivity index (χ0n) is 12.8. The highest BCUT2D eigenvalue weighted by atomic mass is 79.9. The molecule has 0 bridgehead atoms. The van der Waals surface area contributed by atoms with Gasteiger partial charge in [-0.1, -0.05) is 6.92 Å². The van der Waals surface area contributed by atoms with Crippen LogP contribution >= 0.6 is 15.9 Å². The molecule has 0 unspecified atom stereocenters. The Hall–Kier alpha value is -1.07. The van der Waals surface area contributed by atoms with Crippen molar-refractivity contribution in [3.8, 4) is 0 Å². The van der Waals surface area contributed by atoms with E-state index in [0.717, 1.165) is 36.9 Å². The first-order valence-corrected chi connectivity index (χ1v) is 8.36. The molecule has 1 heterocycles. The van der Waals surface area contributed by atoms with Crippen molar-refractivity contribution in [2.75, 3.05) is 32.4 Å². The number of benzene rings is 1. The fraction of sp³-hybridized carbons (Fsp3) is 0.562. The number of likely N-dealkylation sites (tertiary alicyclic amines) is 1. The zero-order chi connectivity index (χ0) is 15.4. The normalized spacial score (nSPS) is 16.9. The summed E-state index contributed by atoms with van der Waals surface area (Å²) in [5.41, 5.74) is 7.06. The van der Waals surface area contributed by atoms with Crippen LogP contribution in [0.15, 0.2) is 22.7 Å². The van der Waals surface area contributed by atoms with Gasteiger partial charge in [0.25, 0.3) is 5.91 Å². The molecule has 1 aromatic rings. The molecule has 1 aromatic carbocycles. The molecule has 0 saturated carbocycles. The number of hydrogen-bond acceptors (Lipinski definition) is 3.